The number of halogens is 1. The number of aliphatic imine (C=N–C) groups is 1. The molecule has 0 aliphatic heterocycles. The zero-order valence-electron chi connectivity index (χ0n) is 13.7. The third-order valence-corrected chi connectivity index (χ3v) is 3.18. The number of hydrogen-bond donors (Lipinski definition) is 3. The fourth-order valence-corrected chi connectivity index (χ4v) is 2.07. The number of carbonyl (C=O) groups is 1. The Morgan fingerprint density at radius 2 is 2.09 bits per heavy atom. The van der Waals surface area contributed by atoms with Gasteiger partial charge in [-0.3, -0.25) is 4.79 Å². The van der Waals surface area contributed by atoms with Crippen molar-refractivity contribution in [3.63, 3.8) is 0 Å². The lowest BCUT2D eigenvalue weighted by Crippen LogP contribution is -2.39. The highest BCUT2D eigenvalue weighted by molar-refractivity contribution is 6.30. The van der Waals surface area contributed by atoms with Gasteiger partial charge >= 0.3 is 0 Å². The summed E-state index contributed by atoms with van der Waals surface area (Å²) in [5, 5.41) is 9.77. The third kappa shape index (κ3) is 9.05. The van der Waals surface area contributed by atoms with E-state index in [4.69, 9.17) is 16.3 Å². The van der Waals surface area contributed by atoms with Crippen LogP contribution in [-0.4, -0.2) is 51.8 Å². The predicted molar refractivity (Wildman–Crippen MR) is 94.0 cm³/mol. The van der Waals surface area contributed by atoms with Crippen molar-refractivity contribution in [3.05, 3.63) is 34.9 Å². The van der Waals surface area contributed by atoms with Gasteiger partial charge in [0.15, 0.2) is 5.96 Å². The van der Waals surface area contributed by atoms with Crippen LogP contribution in [-0.2, 0) is 16.0 Å². The van der Waals surface area contributed by atoms with E-state index >= 15 is 0 Å². The first-order chi connectivity index (χ1) is 11.2. The van der Waals surface area contributed by atoms with Crippen molar-refractivity contribution in [1.29, 1.82) is 0 Å². The molecule has 0 aliphatic rings. The van der Waals surface area contributed by atoms with Gasteiger partial charge in [0.05, 0.1) is 6.61 Å². The highest BCUT2D eigenvalue weighted by atomic mass is 35.5. The summed E-state index contributed by atoms with van der Waals surface area (Å²) in [5.41, 5.74) is 1.15. The Labute approximate surface area is 142 Å². The lowest BCUT2D eigenvalue weighted by Gasteiger charge is -2.11. The number of carbonyl (C=O) groups excluding carboxylic acids is 1. The minimum Gasteiger partial charge on any atom is -0.383 e. The molecule has 0 heterocycles. The number of ether oxygens (including phenoxy) is 1. The quantitative estimate of drug-likeness (QED) is 0.359. The Morgan fingerprint density at radius 1 is 1.26 bits per heavy atom. The minimum absolute atomic E-state index is 0.0796. The van der Waals surface area contributed by atoms with Gasteiger partial charge in [-0.1, -0.05) is 23.7 Å². The Morgan fingerprint density at radius 3 is 2.78 bits per heavy atom. The monoisotopic (exact) mass is 340 g/mol. The van der Waals surface area contributed by atoms with Gasteiger partial charge in [0, 0.05) is 31.8 Å². The van der Waals surface area contributed by atoms with Crippen LogP contribution in [0.25, 0.3) is 0 Å². The second-order valence-corrected chi connectivity index (χ2v) is 5.28. The molecule has 7 heteroatoms. The molecule has 128 valence electrons. The minimum atomic E-state index is -0.130. The van der Waals surface area contributed by atoms with Gasteiger partial charge in [0.2, 0.25) is 5.91 Å². The first-order valence-electron chi connectivity index (χ1n) is 7.68. The first-order valence-corrected chi connectivity index (χ1v) is 8.05. The van der Waals surface area contributed by atoms with Gasteiger partial charge in [0.1, 0.15) is 6.54 Å². The molecular weight excluding hydrogens is 316 g/mol. The molecule has 1 aromatic carbocycles. The van der Waals surface area contributed by atoms with Gasteiger partial charge in [0.25, 0.3) is 0 Å². The van der Waals surface area contributed by atoms with Crippen LogP contribution in [0.2, 0.25) is 5.02 Å². The van der Waals surface area contributed by atoms with E-state index in [-0.39, 0.29) is 12.5 Å². The second-order valence-electron chi connectivity index (χ2n) is 4.84. The largest absolute Gasteiger partial charge is 0.383 e. The maximum Gasteiger partial charge on any atom is 0.241 e. The number of guanidine groups is 1. The summed E-state index contributed by atoms with van der Waals surface area (Å²) < 4.78 is 4.88. The van der Waals surface area contributed by atoms with E-state index in [0.717, 1.165) is 23.6 Å². The van der Waals surface area contributed by atoms with Crippen molar-refractivity contribution < 1.29 is 9.53 Å². The van der Waals surface area contributed by atoms with Crippen LogP contribution in [0.5, 0.6) is 0 Å². The smallest absolute Gasteiger partial charge is 0.241 e. The topological polar surface area (TPSA) is 74.8 Å². The van der Waals surface area contributed by atoms with Crippen molar-refractivity contribution in [2.24, 2.45) is 4.99 Å². The number of nitrogens with one attached hydrogen (secondary N) is 3. The zero-order chi connectivity index (χ0) is 16.9. The number of rotatable bonds is 9. The van der Waals surface area contributed by atoms with Crippen LogP contribution >= 0.6 is 11.6 Å². The fraction of sp³-hybridized carbons (Fsp3) is 0.500. The van der Waals surface area contributed by atoms with Gasteiger partial charge in [-0.25, -0.2) is 4.99 Å². The van der Waals surface area contributed by atoms with Gasteiger partial charge < -0.3 is 20.7 Å². The van der Waals surface area contributed by atoms with Gasteiger partial charge in [-0.05, 0) is 31.0 Å². The summed E-state index contributed by atoms with van der Waals surface area (Å²) in [6, 6.07) is 7.75. The molecule has 0 bridgehead atoms. The van der Waals surface area contributed by atoms with Crippen LogP contribution in [0.4, 0.5) is 0 Å². The summed E-state index contributed by atoms with van der Waals surface area (Å²) >= 11 is 5.96. The van der Waals surface area contributed by atoms with Crippen LogP contribution in [0.1, 0.15) is 12.5 Å². The van der Waals surface area contributed by atoms with E-state index < -0.39 is 0 Å². The molecule has 1 aromatic rings. The molecule has 1 rings (SSSR count). The molecular formula is C16H25ClN4O2. The highest BCUT2D eigenvalue weighted by Crippen LogP contribution is 2.10. The van der Waals surface area contributed by atoms with Gasteiger partial charge in [-0.15, -0.1) is 0 Å². The molecule has 23 heavy (non-hydrogen) atoms. The lowest BCUT2D eigenvalue weighted by atomic mass is 10.1. The number of hydrogen-bond acceptors (Lipinski definition) is 3. The highest BCUT2D eigenvalue weighted by Gasteiger charge is 2.02. The number of nitrogens with zero attached hydrogens (tertiary/aromatic N) is 1. The van der Waals surface area contributed by atoms with E-state index in [1.165, 1.54) is 0 Å². The first kappa shape index (κ1) is 19.3. The maximum absolute atomic E-state index is 11.6. The van der Waals surface area contributed by atoms with E-state index in [2.05, 4.69) is 20.9 Å². The summed E-state index contributed by atoms with van der Waals surface area (Å²) in [6.07, 6.45) is 0.824. The van der Waals surface area contributed by atoms with E-state index in [1.807, 2.05) is 31.2 Å². The van der Waals surface area contributed by atoms with Crippen molar-refractivity contribution >= 4 is 23.5 Å². The van der Waals surface area contributed by atoms with E-state index in [0.29, 0.717) is 25.7 Å². The van der Waals surface area contributed by atoms with Crippen LogP contribution < -0.4 is 16.0 Å². The Balaban J connectivity index is 2.38. The van der Waals surface area contributed by atoms with Crippen LogP contribution in [0.15, 0.2) is 29.3 Å². The molecule has 0 saturated heterocycles. The average Bonchev–Trinajstić information content (AvgIpc) is 2.53. The van der Waals surface area contributed by atoms with Crippen molar-refractivity contribution in [1.82, 2.24) is 16.0 Å². The Bertz CT molecular complexity index is 509. The van der Waals surface area contributed by atoms with Crippen LogP contribution in [0.3, 0.4) is 0 Å². The lowest BCUT2D eigenvalue weighted by molar-refractivity contribution is -0.119. The van der Waals surface area contributed by atoms with Crippen LogP contribution in [0, 0.1) is 0 Å². The predicted octanol–water partition coefficient (Wildman–Crippen LogP) is 1.20. The Kier molecular flexibility index (Phi) is 9.83. The summed E-state index contributed by atoms with van der Waals surface area (Å²) in [5.74, 6) is 0.491. The number of benzene rings is 1. The molecule has 0 radical (unpaired) electrons. The Hall–Kier alpha value is -1.79. The van der Waals surface area contributed by atoms with Crippen molar-refractivity contribution in [2.75, 3.05) is 39.9 Å². The summed E-state index contributed by atoms with van der Waals surface area (Å²) in [4.78, 5) is 15.9. The molecule has 0 fully saturated rings. The van der Waals surface area contributed by atoms with Gasteiger partial charge in [-0.2, -0.15) is 0 Å². The third-order valence-electron chi connectivity index (χ3n) is 2.95. The molecule has 0 spiro atoms. The maximum atomic E-state index is 11.6. The number of amides is 1. The molecule has 0 atom stereocenters. The summed E-state index contributed by atoms with van der Waals surface area (Å²) in [7, 11) is 1.59. The molecule has 0 aliphatic carbocycles. The molecule has 0 saturated carbocycles. The van der Waals surface area contributed by atoms with Crippen molar-refractivity contribution in [2.45, 2.75) is 13.3 Å². The fourth-order valence-electron chi connectivity index (χ4n) is 1.86. The molecule has 6 nitrogen and oxygen atoms in total. The normalized spacial score (nSPS) is 11.2. The standard InChI is InChI=1S/C16H25ClN4O2/c1-3-18-16(21-12-15(22)19-9-10-23-2)20-8-7-13-5-4-6-14(17)11-13/h4-6,11H,3,7-10,12H2,1-2H3,(H,19,22)(H2,18,20,21). The average molecular weight is 341 g/mol. The molecule has 0 unspecified atom stereocenters. The van der Waals surface area contributed by atoms with E-state index in [9.17, 15) is 4.79 Å². The van der Waals surface area contributed by atoms with E-state index in [1.54, 1.807) is 7.11 Å². The number of methoxy groups -OCH3 is 1. The second kappa shape index (κ2) is 11.7. The molecule has 3 N–H and O–H groups in total. The van der Waals surface area contributed by atoms with Crippen molar-refractivity contribution in [3.8, 4) is 0 Å². The SMILES string of the molecule is CCNC(=NCC(=O)NCCOC)NCCc1cccc(Cl)c1. The zero-order valence-corrected chi connectivity index (χ0v) is 14.4. The molecule has 1 amide bonds. The molecule has 0 aromatic heterocycles. The summed E-state index contributed by atoms with van der Waals surface area (Å²) in [6.45, 7) is 4.48.